The maximum atomic E-state index is 13.6. The Morgan fingerprint density at radius 2 is 2.10 bits per heavy atom. The molecule has 0 aliphatic heterocycles. The molecule has 1 heterocycles. The molecule has 4 nitrogen and oxygen atoms in total. The van der Waals surface area contributed by atoms with Crippen molar-refractivity contribution >= 4 is 0 Å². The quantitative estimate of drug-likeness (QED) is 0.852. The van der Waals surface area contributed by atoms with E-state index in [1.807, 2.05) is 23.9 Å². The molecule has 0 unspecified atom stereocenters. The van der Waals surface area contributed by atoms with Gasteiger partial charge in [0.25, 0.3) is 0 Å². The number of halogens is 1. The first-order valence-corrected chi connectivity index (χ1v) is 7.23. The topological polar surface area (TPSA) is 39.1 Å². The number of aryl methyl sites for hydroxylation is 1. The number of nitrogens with one attached hydrogen (secondary N) is 1. The number of rotatable bonds is 7. The normalized spacial score (nSPS) is 11.1. The van der Waals surface area contributed by atoms with Crippen LogP contribution in [0.2, 0.25) is 0 Å². The third kappa shape index (κ3) is 4.86. The smallest absolute Gasteiger partial charge is 0.127 e. The van der Waals surface area contributed by atoms with Crippen LogP contribution < -0.4 is 10.1 Å². The SMILES string of the molecule is CCn1cc(COc2cc(F)cc(CNC(C)C)c2)cn1. The fourth-order valence-corrected chi connectivity index (χ4v) is 1.95. The second-order valence-corrected chi connectivity index (χ2v) is 5.32. The number of nitrogens with zero attached hydrogens (tertiary/aromatic N) is 2. The van der Waals surface area contributed by atoms with Crippen molar-refractivity contribution in [3.05, 3.63) is 47.5 Å². The monoisotopic (exact) mass is 291 g/mol. The third-order valence-electron chi connectivity index (χ3n) is 3.06. The second-order valence-electron chi connectivity index (χ2n) is 5.32. The molecule has 1 aromatic heterocycles. The minimum atomic E-state index is -0.280. The van der Waals surface area contributed by atoms with Crippen molar-refractivity contribution < 1.29 is 9.13 Å². The summed E-state index contributed by atoms with van der Waals surface area (Å²) in [6, 6.07) is 5.15. The zero-order valence-corrected chi connectivity index (χ0v) is 12.8. The summed E-state index contributed by atoms with van der Waals surface area (Å²) in [5, 5.41) is 7.45. The van der Waals surface area contributed by atoms with Crippen LogP contribution in [0.15, 0.2) is 30.6 Å². The van der Waals surface area contributed by atoms with Crippen molar-refractivity contribution in [1.29, 1.82) is 0 Å². The van der Waals surface area contributed by atoms with E-state index in [2.05, 4.69) is 24.3 Å². The van der Waals surface area contributed by atoms with Crippen molar-refractivity contribution in [3.8, 4) is 5.75 Å². The maximum absolute atomic E-state index is 13.6. The van der Waals surface area contributed by atoms with E-state index in [0.29, 0.717) is 24.9 Å². The lowest BCUT2D eigenvalue weighted by molar-refractivity contribution is 0.304. The molecule has 1 N–H and O–H groups in total. The highest BCUT2D eigenvalue weighted by atomic mass is 19.1. The lowest BCUT2D eigenvalue weighted by Crippen LogP contribution is -2.21. The molecule has 2 rings (SSSR count). The van der Waals surface area contributed by atoms with Crippen LogP contribution >= 0.6 is 0 Å². The van der Waals surface area contributed by atoms with E-state index in [4.69, 9.17) is 4.74 Å². The highest BCUT2D eigenvalue weighted by molar-refractivity contribution is 5.30. The first-order valence-electron chi connectivity index (χ1n) is 7.23. The summed E-state index contributed by atoms with van der Waals surface area (Å²) in [5.41, 5.74) is 1.85. The van der Waals surface area contributed by atoms with Gasteiger partial charge < -0.3 is 10.1 Å². The van der Waals surface area contributed by atoms with Gasteiger partial charge >= 0.3 is 0 Å². The number of benzene rings is 1. The fourth-order valence-electron chi connectivity index (χ4n) is 1.95. The largest absolute Gasteiger partial charge is 0.489 e. The molecule has 0 aliphatic carbocycles. The number of ether oxygens (including phenoxy) is 1. The summed E-state index contributed by atoms with van der Waals surface area (Å²) in [7, 11) is 0. The van der Waals surface area contributed by atoms with Crippen LogP contribution in [0.25, 0.3) is 0 Å². The predicted molar refractivity (Wildman–Crippen MR) is 80.6 cm³/mol. The molecule has 0 amide bonds. The predicted octanol–water partition coefficient (Wildman–Crippen LogP) is 3.12. The summed E-state index contributed by atoms with van der Waals surface area (Å²) in [6.07, 6.45) is 3.70. The minimum absolute atomic E-state index is 0.280. The molecule has 0 spiro atoms. The Morgan fingerprint density at radius 3 is 2.76 bits per heavy atom. The van der Waals surface area contributed by atoms with Gasteiger partial charge in [-0.2, -0.15) is 5.10 Å². The van der Waals surface area contributed by atoms with Gasteiger partial charge in [0.2, 0.25) is 0 Å². The van der Waals surface area contributed by atoms with Gasteiger partial charge in [-0.1, -0.05) is 13.8 Å². The molecular formula is C16H22FN3O. The standard InChI is InChI=1S/C16H22FN3O/c1-4-20-10-14(9-19-20)11-21-16-6-13(5-15(17)7-16)8-18-12(2)3/h5-7,9-10,12,18H,4,8,11H2,1-3H3. The van der Waals surface area contributed by atoms with E-state index < -0.39 is 0 Å². The molecule has 2 aromatic rings. The molecule has 1 aromatic carbocycles. The van der Waals surface area contributed by atoms with Crippen molar-refractivity contribution in [2.75, 3.05) is 0 Å². The van der Waals surface area contributed by atoms with Crippen molar-refractivity contribution in [1.82, 2.24) is 15.1 Å². The van der Waals surface area contributed by atoms with E-state index in [0.717, 1.165) is 17.7 Å². The Hall–Kier alpha value is -1.88. The molecule has 0 saturated carbocycles. The summed E-state index contributed by atoms with van der Waals surface area (Å²) < 4.78 is 21.1. The van der Waals surface area contributed by atoms with Gasteiger partial charge in [-0.15, -0.1) is 0 Å². The Balaban J connectivity index is 1.98. The van der Waals surface area contributed by atoms with Crippen molar-refractivity contribution in [2.45, 2.75) is 46.5 Å². The van der Waals surface area contributed by atoms with Gasteiger partial charge in [-0.3, -0.25) is 4.68 Å². The van der Waals surface area contributed by atoms with Crippen LogP contribution in [-0.4, -0.2) is 15.8 Å². The lowest BCUT2D eigenvalue weighted by Gasteiger charge is -2.10. The van der Waals surface area contributed by atoms with E-state index in [1.165, 1.54) is 12.1 Å². The summed E-state index contributed by atoms with van der Waals surface area (Å²) in [6.45, 7) is 7.98. The van der Waals surface area contributed by atoms with Gasteiger partial charge in [0.15, 0.2) is 0 Å². The Morgan fingerprint density at radius 1 is 1.29 bits per heavy atom. The Labute approximate surface area is 124 Å². The van der Waals surface area contributed by atoms with Gasteiger partial charge in [0.05, 0.1) is 6.20 Å². The summed E-state index contributed by atoms with van der Waals surface area (Å²) in [5.74, 6) is 0.261. The van der Waals surface area contributed by atoms with E-state index >= 15 is 0 Å². The van der Waals surface area contributed by atoms with Crippen molar-refractivity contribution in [2.24, 2.45) is 0 Å². The molecule has 0 aliphatic rings. The van der Waals surface area contributed by atoms with Gasteiger partial charge in [-0.05, 0) is 24.6 Å². The number of hydrogen-bond acceptors (Lipinski definition) is 3. The van der Waals surface area contributed by atoms with Gasteiger partial charge in [-0.25, -0.2) is 4.39 Å². The molecule has 114 valence electrons. The lowest BCUT2D eigenvalue weighted by atomic mass is 10.2. The molecule has 5 heteroatoms. The van der Waals surface area contributed by atoms with Crippen molar-refractivity contribution in [3.63, 3.8) is 0 Å². The first kappa shape index (κ1) is 15.5. The molecule has 0 fully saturated rings. The Bertz CT molecular complexity index is 581. The highest BCUT2D eigenvalue weighted by Gasteiger charge is 2.04. The Kier molecular flexibility index (Phi) is 5.33. The zero-order valence-electron chi connectivity index (χ0n) is 12.8. The maximum Gasteiger partial charge on any atom is 0.127 e. The van der Waals surface area contributed by atoms with E-state index in [1.54, 1.807) is 6.20 Å². The number of hydrogen-bond donors (Lipinski definition) is 1. The van der Waals surface area contributed by atoms with Gasteiger partial charge in [0, 0.05) is 37.0 Å². The first-order chi connectivity index (χ1) is 10.1. The van der Waals surface area contributed by atoms with Crippen LogP contribution in [0.4, 0.5) is 4.39 Å². The molecule has 0 radical (unpaired) electrons. The third-order valence-corrected chi connectivity index (χ3v) is 3.06. The average Bonchev–Trinajstić information content (AvgIpc) is 2.90. The van der Waals surface area contributed by atoms with E-state index in [9.17, 15) is 4.39 Å². The zero-order chi connectivity index (χ0) is 15.2. The molecular weight excluding hydrogens is 269 g/mol. The van der Waals surface area contributed by atoms with Crippen LogP contribution in [0.1, 0.15) is 31.9 Å². The number of aromatic nitrogens is 2. The van der Waals surface area contributed by atoms with Crippen LogP contribution in [0, 0.1) is 5.82 Å². The van der Waals surface area contributed by atoms with Crippen LogP contribution in [0.3, 0.4) is 0 Å². The van der Waals surface area contributed by atoms with Gasteiger partial charge in [0.1, 0.15) is 18.2 Å². The van der Waals surface area contributed by atoms with E-state index in [-0.39, 0.29) is 5.82 Å². The summed E-state index contributed by atoms with van der Waals surface area (Å²) in [4.78, 5) is 0. The van der Waals surface area contributed by atoms with Crippen LogP contribution in [0.5, 0.6) is 5.75 Å². The minimum Gasteiger partial charge on any atom is -0.489 e. The molecule has 0 saturated heterocycles. The highest BCUT2D eigenvalue weighted by Crippen LogP contribution is 2.18. The molecule has 21 heavy (non-hydrogen) atoms. The van der Waals surface area contributed by atoms with Crippen LogP contribution in [-0.2, 0) is 19.7 Å². The fraction of sp³-hybridized carbons (Fsp3) is 0.438. The molecule has 0 atom stereocenters. The second kappa shape index (κ2) is 7.22. The summed E-state index contributed by atoms with van der Waals surface area (Å²) >= 11 is 0. The average molecular weight is 291 g/mol. The molecule has 0 bridgehead atoms.